The van der Waals surface area contributed by atoms with Crippen LogP contribution in [0.15, 0.2) is 46.9 Å². The van der Waals surface area contributed by atoms with Gasteiger partial charge in [-0.1, -0.05) is 28.1 Å². The molecular formula is C18H16BrF2N3O. The lowest BCUT2D eigenvalue weighted by Crippen LogP contribution is -2.34. The fraction of sp³-hybridized carbons (Fsp3) is 0.222. The third kappa shape index (κ3) is 4.22. The molecule has 130 valence electrons. The Morgan fingerprint density at radius 1 is 1.24 bits per heavy atom. The van der Waals surface area contributed by atoms with Crippen molar-refractivity contribution in [3.05, 3.63) is 63.9 Å². The van der Waals surface area contributed by atoms with Crippen LogP contribution in [-0.2, 0) is 6.42 Å². The summed E-state index contributed by atoms with van der Waals surface area (Å²) in [5.74, 6) is -0.643. The molecule has 1 unspecified atom stereocenters. The summed E-state index contributed by atoms with van der Waals surface area (Å²) >= 11 is 3.39. The lowest BCUT2D eigenvalue weighted by molar-refractivity contribution is 0.0940. The zero-order chi connectivity index (χ0) is 18.0. The number of carbonyl (C=O) groups is 1. The van der Waals surface area contributed by atoms with E-state index in [1.165, 1.54) is 6.07 Å². The number of hydrogen-bond acceptors (Lipinski definition) is 2. The number of benzene rings is 2. The molecule has 4 nitrogen and oxygen atoms in total. The van der Waals surface area contributed by atoms with Crippen molar-refractivity contribution in [1.29, 1.82) is 0 Å². The fourth-order valence-corrected chi connectivity index (χ4v) is 2.87. The molecule has 3 aromatic rings. The highest BCUT2D eigenvalue weighted by molar-refractivity contribution is 9.10. The molecular weight excluding hydrogens is 392 g/mol. The number of rotatable bonds is 5. The maximum Gasteiger partial charge on any atom is 0.295 e. The number of nitrogens with zero attached hydrogens (tertiary/aromatic N) is 1. The Kier molecular flexibility index (Phi) is 5.13. The van der Waals surface area contributed by atoms with Gasteiger partial charge in [-0.2, -0.15) is 0 Å². The van der Waals surface area contributed by atoms with Gasteiger partial charge in [0.25, 0.3) is 12.3 Å². The van der Waals surface area contributed by atoms with Gasteiger partial charge in [-0.15, -0.1) is 0 Å². The number of hydrogen-bond donors (Lipinski definition) is 2. The van der Waals surface area contributed by atoms with Gasteiger partial charge >= 0.3 is 0 Å². The van der Waals surface area contributed by atoms with Gasteiger partial charge in [-0.05, 0) is 49.2 Å². The minimum atomic E-state index is -2.67. The molecule has 25 heavy (non-hydrogen) atoms. The molecule has 0 radical (unpaired) electrons. The predicted octanol–water partition coefficient (Wildman–Crippen LogP) is 4.62. The van der Waals surface area contributed by atoms with Gasteiger partial charge in [0.05, 0.1) is 11.0 Å². The lowest BCUT2D eigenvalue weighted by Gasteiger charge is -2.14. The highest BCUT2D eigenvalue weighted by Crippen LogP contribution is 2.20. The Labute approximate surface area is 151 Å². The summed E-state index contributed by atoms with van der Waals surface area (Å²) in [6.45, 7) is 1.92. The Balaban J connectivity index is 1.69. The Morgan fingerprint density at radius 3 is 2.64 bits per heavy atom. The molecule has 1 amide bonds. The molecule has 1 atom stereocenters. The van der Waals surface area contributed by atoms with E-state index in [-0.39, 0.29) is 11.9 Å². The summed E-state index contributed by atoms with van der Waals surface area (Å²) in [6.07, 6.45) is -1.98. The van der Waals surface area contributed by atoms with Crippen LogP contribution in [-0.4, -0.2) is 21.9 Å². The molecule has 3 rings (SSSR count). The highest BCUT2D eigenvalue weighted by Gasteiger charge is 2.15. The molecule has 1 aromatic heterocycles. The molecule has 0 aliphatic rings. The van der Waals surface area contributed by atoms with Crippen molar-refractivity contribution in [1.82, 2.24) is 15.3 Å². The molecule has 0 bridgehead atoms. The van der Waals surface area contributed by atoms with E-state index >= 15 is 0 Å². The van der Waals surface area contributed by atoms with Crippen LogP contribution in [0.2, 0.25) is 0 Å². The number of H-pyrrole nitrogens is 1. The lowest BCUT2D eigenvalue weighted by atomic mass is 10.1. The standard InChI is InChI=1S/C18H16BrF2N3O/c1-10(8-11-2-5-13(19)6-3-11)22-18(25)12-4-7-14-15(9-12)24-17(23-14)16(20)21/h2-7,9-10,16H,8H2,1H3,(H,22,25)(H,23,24). The van der Waals surface area contributed by atoms with Crippen molar-refractivity contribution in [3.63, 3.8) is 0 Å². The number of fused-ring (bicyclic) bond motifs is 1. The minimum absolute atomic E-state index is 0.0669. The molecule has 2 aromatic carbocycles. The second kappa shape index (κ2) is 7.31. The first-order valence-electron chi connectivity index (χ1n) is 7.75. The average molecular weight is 408 g/mol. The zero-order valence-corrected chi connectivity index (χ0v) is 15.0. The van der Waals surface area contributed by atoms with E-state index in [9.17, 15) is 13.6 Å². The maximum absolute atomic E-state index is 12.7. The van der Waals surface area contributed by atoms with Gasteiger partial charge in [0.15, 0.2) is 5.82 Å². The van der Waals surface area contributed by atoms with Gasteiger partial charge in [0, 0.05) is 16.1 Å². The summed E-state index contributed by atoms with van der Waals surface area (Å²) in [7, 11) is 0. The SMILES string of the molecule is CC(Cc1ccc(Br)cc1)NC(=O)c1ccc2nc(C(F)F)[nH]c2c1. The number of carbonyl (C=O) groups excluding carboxylic acids is 1. The fourth-order valence-electron chi connectivity index (χ4n) is 2.61. The first kappa shape index (κ1) is 17.5. The normalized spacial score (nSPS) is 12.5. The van der Waals surface area contributed by atoms with Gasteiger partial charge in [0.1, 0.15) is 0 Å². The summed E-state index contributed by atoms with van der Waals surface area (Å²) in [4.78, 5) is 18.7. The van der Waals surface area contributed by atoms with Crippen molar-refractivity contribution in [2.75, 3.05) is 0 Å². The third-order valence-corrected chi connectivity index (χ3v) is 4.33. The van der Waals surface area contributed by atoms with Crippen LogP contribution >= 0.6 is 15.9 Å². The molecule has 0 fully saturated rings. The molecule has 0 spiro atoms. The molecule has 0 saturated carbocycles. The monoisotopic (exact) mass is 407 g/mol. The van der Waals surface area contributed by atoms with Crippen molar-refractivity contribution in [2.24, 2.45) is 0 Å². The van der Waals surface area contributed by atoms with Crippen LogP contribution in [0.3, 0.4) is 0 Å². The minimum Gasteiger partial charge on any atom is -0.349 e. The van der Waals surface area contributed by atoms with Crippen molar-refractivity contribution < 1.29 is 13.6 Å². The quantitative estimate of drug-likeness (QED) is 0.647. The molecule has 2 N–H and O–H groups in total. The first-order valence-corrected chi connectivity index (χ1v) is 8.55. The van der Waals surface area contributed by atoms with Crippen LogP contribution < -0.4 is 5.32 Å². The molecule has 1 heterocycles. The largest absolute Gasteiger partial charge is 0.349 e. The predicted molar refractivity (Wildman–Crippen MR) is 95.8 cm³/mol. The van der Waals surface area contributed by atoms with Gasteiger partial charge in [0.2, 0.25) is 0 Å². The van der Waals surface area contributed by atoms with Crippen LogP contribution in [0.4, 0.5) is 8.78 Å². The Morgan fingerprint density at radius 2 is 1.96 bits per heavy atom. The van der Waals surface area contributed by atoms with E-state index in [1.807, 2.05) is 31.2 Å². The van der Waals surface area contributed by atoms with E-state index in [4.69, 9.17) is 0 Å². The highest BCUT2D eigenvalue weighted by atomic mass is 79.9. The second-order valence-electron chi connectivity index (χ2n) is 5.86. The zero-order valence-electron chi connectivity index (χ0n) is 13.4. The van der Waals surface area contributed by atoms with E-state index in [2.05, 4.69) is 31.2 Å². The number of aromatic nitrogens is 2. The van der Waals surface area contributed by atoms with Crippen LogP contribution in [0.1, 0.15) is 35.1 Å². The third-order valence-electron chi connectivity index (χ3n) is 3.80. The maximum atomic E-state index is 12.7. The molecule has 0 saturated heterocycles. The van der Waals surface area contributed by atoms with Crippen LogP contribution in [0.5, 0.6) is 0 Å². The smallest absolute Gasteiger partial charge is 0.295 e. The van der Waals surface area contributed by atoms with E-state index in [0.717, 1.165) is 10.0 Å². The van der Waals surface area contributed by atoms with E-state index < -0.39 is 12.2 Å². The van der Waals surface area contributed by atoms with Crippen LogP contribution in [0, 0.1) is 0 Å². The number of aromatic amines is 1. The molecule has 0 aliphatic carbocycles. The van der Waals surface area contributed by atoms with Crippen molar-refractivity contribution >= 4 is 32.9 Å². The van der Waals surface area contributed by atoms with Crippen molar-refractivity contribution in [2.45, 2.75) is 25.8 Å². The number of halogens is 3. The van der Waals surface area contributed by atoms with Gasteiger partial charge in [-0.3, -0.25) is 4.79 Å². The number of imidazole rings is 1. The van der Waals surface area contributed by atoms with Gasteiger partial charge < -0.3 is 10.3 Å². The number of nitrogens with one attached hydrogen (secondary N) is 2. The van der Waals surface area contributed by atoms with Crippen LogP contribution in [0.25, 0.3) is 11.0 Å². The number of amides is 1. The summed E-state index contributed by atoms with van der Waals surface area (Å²) in [6, 6.07) is 12.5. The Bertz CT molecular complexity index is 893. The Hall–Kier alpha value is -2.28. The molecule has 0 aliphatic heterocycles. The summed E-state index contributed by atoms with van der Waals surface area (Å²) < 4.78 is 26.4. The second-order valence-corrected chi connectivity index (χ2v) is 6.78. The number of alkyl halides is 2. The average Bonchev–Trinajstić information content (AvgIpc) is 3.00. The first-order chi connectivity index (χ1) is 11.9. The topological polar surface area (TPSA) is 57.8 Å². The van der Waals surface area contributed by atoms with E-state index in [0.29, 0.717) is 23.0 Å². The molecule has 7 heteroatoms. The van der Waals surface area contributed by atoms with Gasteiger partial charge in [-0.25, -0.2) is 13.8 Å². The van der Waals surface area contributed by atoms with E-state index in [1.54, 1.807) is 12.1 Å². The summed E-state index contributed by atoms with van der Waals surface area (Å²) in [5.41, 5.74) is 2.35. The summed E-state index contributed by atoms with van der Waals surface area (Å²) in [5, 5.41) is 2.92. The van der Waals surface area contributed by atoms with Crippen molar-refractivity contribution in [3.8, 4) is 0 Å².